The Bertz CT molecular complexity index is 465. The first kappa shape index (κ1) is 9.21. The molecule has 0 atom stereocenters. The second-order valence-corrected chi connectivity index (χ2v) is 4.32. The van der Waals surface area contributed by atoms with Gasteiger partial charge in [0.2, 0.25) is 5.78 Å². The molecule has 0 bridgehead atoms. The average Bonchev–Trinajstić information content (AvgIpc) is 2.73. The summed E-state index contributed by atoms with van der Waals surface area (Å²) in [6.45, 7) is 3.85. The van der Waals surface area contributed by atoms with E-state index < -0.39 is 0 Å². The fourth-order valence-corrected chi connectivity index (χ4v) is 1.98. The van der Waals surface area contributed by atoms with Crippen molar-refractivity contribution in [3.05, 3.63) is 45.5 Å². The van der Waals surface area contributed by atoms with Gasteiger partial charge < -0.3 is 4.42 Å². The van der Waals surface area contributed by atoms with Crippen LogP contribution in [0.3, 0.4) is 0 Å². The number of furan rings is 1. The Balaban J connectivity index is 2.38. The summed E-state index contributed by atoms with van der Waals surface area (Å²) in [6.07, 6.45) is 1.54. The molecule has 72 valence electrons. The van der Waals surface area contributed by atoms with Crippen LogP contribution in [0.15, 0.2) is 28.2 Å². The molecule has 2 heterocycles. The molecule has 0 aliphatic rings. The topological polar surface area (TPSA) is 30.2 Å². The monoisotopic (exact) mass is 206 g/mol. The van der Waals surface area contributed by atoms with Crippen molar-refractivity contribution in [2.75, 3.05) is 0 Å². The minimum Gasteiger partial charge on any atom is -0.461 e. The Labute approximate surface area is 86.2 Å². The van der Waals surface area contributed by atoms with Gasteiger partial charge in [0, 0.05) is 15.8 Å². The SMILES string of the molecule is Cc1cc(C(=O)c2occc2C)cs1. The van der Waals surface area contributed by atoms with E-state index in [1.807, 2.05) is 25.3 Å². The molecule has 0 aliphatic carbocycles. The Morgan fingerprint density at radius 2 is 2.21 bits per heavy atom. The quantitative estimate of drug-likeness (QED) is 0.706. The molecule has 0 saturated carbocycles. The summed E-state index contributed by atoms with van der Waals surface area (Å²) in [7, 11) is 0. The lowest BCUT2D eigenvalue weighted by atomic mass is 10.1. The number of ketones is 1. The number of rotatable bonds is 2. The maximum Gasteiger partial charge on any atom is 0.229 e. The summed E-state index contributed by atoms with van der Waals surface area (Å²) < 4.78 is 5.14. The highest BCUT2D eigenvalue weighted by Gasteiger charge is 2.15. The Morgan fingerprint density at radius 3 is 2.71 bits per heavy atom. The van der Waals surface area contributed by atoms with Crippen molar-refractivity contribution in [1.29, 1.82) is 0 Å². The Hall–Kier alpha value is -1.35. The molecule has 2 rings (SSSR count). The largest absolute Gasteiger partial charge is 0.461 e. The van der Waals surface area contributed by atoms with Gasteiger partial charge in [-0.15, -0.1) is 11.3 Å². The number of hydrogen-bond donors (Lipinski definition) is 0. The van der Waals surface area contributed by atoms with Crippen molar-refractivity contribution in [2.24, 2.45) is 0 Å². The van der Waals surface area contributed by atoms with Crippen molar-refractivity contribution in [2.45, 2.75) is 13.8 Å². The highest BCUT2D eigenvalue weighted by Crippen LogP contribution is 2.19. The Morgan fingerprint density at radius 1 is 1.43 bits per heavy atom. The lowest BCUT2D eigenvalue weighted by Crippen LogP contribution is -1.99. The maximum absolute atomic E-state index is 11.9. The van der Waals surface area contributed by atoms with Gasteiger partial charge in [0.15, 0.2) is 5.76 Å². The van der Waals surface area contributed by atoms with Gasteiger partial charge in [-0.3, -0.25) is 4.79 Å². The van der Waals surface area contributed by atoms with E-state index in [1.54, 1.807) is 23.7 Å². The van der Waals surface area contributed by atoms with E-state index in [9.17, 15) is 4.79 Å². The van der Waals surface area contributed by atoms with Crippen LogP contribution in [0.5, 0.6) is 0 Å². The van der Waals surface area contributed by atoms with Crippen LogP contribution < -0.4 is 0 Å². The third kappa shape index (κ3) is 1.51. The minimum absolute atomic E-state index is 0.0307. The predicted molar refractivity (Wildman–Crippen MR) is 55.9 cm³/mol. The summed E-state index contributed by atoms with van der Waals surface area (Å²) in [5.41, 5.74) is 1.60. The van der Waals surface area contributed by atoms with Crippen LogP contribution in [-0.2, 0) is 0 Å². The van der Waals surface area contributed by atoms with Crippen LogP contribution in [-0.4, -0.2) is 5.78 Å². The molecule has 0 N–H and O–H groups in total. The molecule has 0 amide bonds. The van der Waals surface area contributed by atoms with Gasteiger partial charge >= 0.3 is 0 Å². The molecule has 0 aliphatic heterocycles. The standard InChI is InChI=1S/C11H10O2S/c1-7-3-4-13-11(7)10(12)9-5-8(2)14-6-9/h3-6H,1-2H3. The fraction of sp³-hybridized carbons (Fsp3) is 0.182. The molecular weight excluding hydrogens is 196 g/mol. The van der Waals surface area contributed by atoms with E-state index >= 15 is 0 Å². The highest BCUT2D eigenvalue weighted by atomic mass is 32.1. The number of hydrogen-bond acceptors (Lipinski definition) is 3. The lowest BCUT2D eigenvalue weighted by molar-refractivity contribution is 0.101. The van der Waals surface area contributed by atoms with Gasteiger partial charge in [0.05, 0.1) is 6.26 Å². The van der Waals surface area contributed by atoms with E-state index in [1.165, 1.54) is 0 Å². The average molecular weight is 206 g/mol. The van der Waals surface area contributed by atoms with E-state index in [-0.39, 0.29) is 5.78 Å². The van der Waals surface area contributed by atoms with Crippen LogP contribution in [0, 0.1) is 13.8 Å². The van der Waals surface area contributed by atoms with Crippen molar-refractivity contribution in [3.63, 3.8) is 0 Å². The smallest absolute Gasteiger partial charge is 0.229 e. The van der Waals surface area contributed by atoms with E-state index in [0.29, 0.717) is 11.3 Å². The molecule has 3 heteroatoms. The number of carbonyl (C=O) groups is 1. The molecule has 2 aromatic heterocycles. The van der Waals surface area contributed by atoms with Crippen LogP contribution in [0.4, 0.5) is 0 Å². The van der Waals surface area contributed by atoms with Gasteiger partial charge in [-0.05, 0) is 31.5 Å². The third-order valence-electron chi connectivity index (χ3n) is 2.06. The molecule has 2 aromatic rings. The summed E-state index contributed by atoms with van der Waals surface area (Å²) in [5, 5.41) is 1.86. The van der Waals surface area contributed by atoms with Crippen LogP contribution in [0.2, 0.25) is 0 Å². The summed E-state index contributed by atoms with van der Waals surface area (Å²) in [5.74, 6) is 0.416. The van der Waals surface area contributed by atoms with Gasteiger partial charge in [0.1, 0.15) is 0 Å². The first-order chi connectivity index (χ1) is 6.68. The minimum atomic E-state index is -0.0307. The van der Waals surface area contributed by atoms with Gasteiger partial charge in [-0.25, -0.2) is 0 Å². The normalized spacial score (nSPS) is 10.4. The zero-order chi connectivity index (χ0) is 10.1. The Kier molecular flexibility index (Phi) is 2.25. The molecule has 0 unspecified atom stereocenters. The number of thiophene rings is 1. The van der Waals surface area contributed by atoms with Crippen molar-refractivity contribution < 1.29 is 9.21 Å². The van der Waals surface area contributed by atoms with Crippen LogP contribution in [0.25, 0.3) is 0 Å². The molecule has 0 fully saturated rings. The zero-order valence-corrected chi connectivity index (χ0v) is 8.85. The predicted octanol–water partition coefficient (Wildman–Crippen LogP) is 3.19. The molecule has 0 radical (unpaired) electrons. The molecule has 0 spiro atoms. The lowest BCUT2D eigenvalue weighted by Gasteiger charge is -1.94. The van der Waals surface area contributed by atoms with Crippen molar-refractivity contribution in [1.82, 2.24) is 0 Å². The van der Waals surface area contributed by atoms with Crippen LogP contribution >= 0.6 is 11.3 Å². The number of carbonyl (C=O) groups excluding carboxylic acids is 1. The van der Waals surface area contributed by atoms with E-state index in [2.05, 4.69) is 0 Å². The van der Waals surface area contributed by atoms with E-state index in [4.69, 9.17) is 4.42 Å². The summed E-state index contributed by atoms with van der Waals surface area (Å²) >= 11 is 1.57. The second-order valence-electron chi connectivity index (χ2n) is 3.21. The third-order valence-corrected chi connectivity index (χ3v) is 2.92. The molecule has 14 heavy (non-hydrogen) atoms. The molecule has 2 nitrogen and oxygen atoms in total. The van der Waals surface area contributed by atoms with Gasteiger partial charge in [0.25, 0.3) is 0 Å². The van der Waals surface area contributed by atoms with Gasteiger partial charge in [-0.2, -0.15) is 0 Å². The van der Waals surface area contributed by atoms with Gasteiger partial charge in [-0.1, -0.05) is 0 Å². The summed E-state index contributed by atoms with van der Waals surface area (Å²) in [6, 6.07) is 3.68. The molecule has 0 saturated heterocycles. The van der Waals surface area contributed by atoms with Crippen molar-refractivity contribution >= 4 is 17.1 Å². The first-order valence-electron chi connectivity index (χ1n) is 4.32. The van der Waals surface area contributed by atoms with Crippen LogP contribution in [0.1, 0.15) is 26.6 Å². The highest BCUT2D eigenvalue weighted by molar-refractivity contribution is 7.10. The van der Waals surface area contributed by atoms with E-state index in [0.717, 1.165) is 10.4 Å². The second kappa shape index (κ2) is 3.42. The number of aryl methyl sites for hydroxylation is 2. The zero-order valence-electron chi connectivity index (χ0n) is 8.03. The fourth-order valence-electron chi connectivity index (χ4n) is 1.30. The van der Waals surface area contributed by atoms with Crippen molar-refractivity contribution in [3.8, 4) is 0 Å². The molecule has 0 aromatic carbocycles. The molecular formula is C11H10O2S. The summed E-state index contributed by atoms with van der Waals surface area (Å²) in [4.78, 5) is 13.0. The first-order valence-corrected chi connectivity index (χ1v) is 5.20. The maximum atomic E-state index is 11.9.